The van der Waals surface area contributed by atoms with Gasteiger partial charge in [0.25, 0.3) is 11.6 Å². The number of hydrogen-bond acceptors (Lipinski definition) is 6. The average Bonchev–Trinajstić information content (AvgIpc) is 3.58. The van der Waals surface area contributed by atoms with Crippen LogP contribution in [0.25, 0.3) is 0 Å². The van der Waals surface area contributed by atoms with E-state index in [-0.39, 0.29) is 37.8 Å². The third kappa shape index (κ3) is 4.18. The zero-order chi connectivity index (χ0) is 24.1. The molecule has 1 aliphatic carbocycles. The highest BCUT2D eigenvalue weighted by atomic mass is 19.4. The second kappa shape index (κ2) is 7.89. The molecule has 2 saturated heterocycles. The van der Waals surface area contributed by atoms with Gasteiger partial charge in [0.15, 0.2) is 0 Å². The number of anilines is 1. The van der Waals surface area contributed by atoms with E-state index < -0.39 is 52.3 Å². The lowest BCUT2D eigenvalue weighted by atomic mass is 9.96. The van der Waals surface area contributed by atoms with Gasteiger partial charge in [-0.1, -0.05) is 0 Å². The van der Waals surface area contributed by atoms with E-state index in [0.717, 1.165) is 29.9 Å². The molecule has 3 aliphatic rings. The Morgan fingerprint density at radius 3 is 2.39 bits per heavy atom. The molecule has 2 aliphatic heterocycles. The molecule has 178 valence electrons. The molecule has 0 unspecified atom stereocenters. The largest absolute Gasteiger partial charge is 0.416 e. The van der Waals surface area contributed by atoms with E-state index in [1.165, 1.54) is 4.90 Å². The molecule has 0 aromatic heterocycles. The monoisotopic (exact) mass is 469 g/mol. The minimum Gasteiger partial charge on any atom is -0.362 e. The topological polar surface area (TPSA) is 116 Å². The molecule has 4 rings (SSSR count). The van der Waals surface area contributed by atoms with Gasteiger partial charge in [0.05, 0.1) is 10.5 Å². The summed E-state index contributed by atoms with van der Waals surface area (Å²) in [5, 5.41) is 14.0. The number of hydrogen-bond donors (Lipinski definition) is 1. The summed E-state index contributed by atoms with van der Waals surface area (Å²) >= 11 is 0. The normalized spacial score (nSPS) is 23.7. The van der Waals surface area contributed by atoms with Gasteiger partial charge in [-0.2, -0.15) is 13.2 Å². The fourth-order valence-electron chi connectivity index (χ4n) is 4.34. The number of halogens is 3. The van der Waals surface area contributed by atoms with Crippen molar-refractivity contribution in [2.75, 3.05) is 37.6 Å². The molecule has 1 aromatic rings. The van der Waals surface area contributed by atoms with Crippen LogP contribution in [-0.4, -0.2) is 70.8 Å². The number of nitro groups is 1. The van der Waals surface area contributed by atoms with E-state index in [9.17, 15) is 37.7 Å². The number of urea groups is 1. The Balaban J connectivity index is 1.40. The first-order valence-corrected chi connectivity index (χ1v) is 10.4. The van der Waals surface area contributed by atoms with Crippen molar-refractivity contribution in [1.29, 1.82) is 0 Å². The summed E-state index contributed by atoms with van der Waals surface area (Å²) in [6.45, 7) is 1.83. The summed E-state index contributed by atoms with van der Waals surface area (Å²) in [5.74, 6) is -0.806. The van der Waals surface area contributed by atoms with Crippen molar-refractivity contribution in [3.63, 3.8) is 0 Å². The summed E-state index contributed by atoms with van der Waals surface area (Å²) in [7, 11) is 0. The van der Waals surface area contributed by atoms with Gasteiger partial charge >= 0.3 is 12.2 Å². The molecule has 33 heavy (non-hydrogen) atoms. The highest BCUT2D eigenvalue weighted by Crippen LogP contribution is 2.42. The van der Waals surface area contributed by atoms with Crippen molar-refractivity contribution in [1.82, 2.24) is 15.1 Å². The number of carbonyl (C=O) groups excluding carboxylic acids is 3. The van der Waals surface area contributed by atoms with Crippen LogP contribution >= 0.6 is 0 Å². The number of nitrogens with zero attached hydrogens (tertiary/aromatic N) is 4. The van der Waals surface area contributed by atoms with Crippen molar-refractivity contribution >= 4 is 29.2 Å². The van der Waals surface area contributed by atoms with E-state index in [1.807, 2.05) is 0 Å². The molecule has 3 fully saturated rings. The molecule has 1 atom stereocenters. The second-order valence-corrected chi connectivity index (χ2v) is 8.62. The van der Waals surface area contributed by atoms with E-state index >= 15 is 0 Å². The molecular weight excluding hydrogens is 447 g/mol. The first-order chi connectivity index (χ1) is 15.4. The van der Waals surface area contributed by atoms with Gasteiger partial charge in [0.2, 0.25) is 5.91 Å². The Bertz CT molecular complexity index is 1020. The van der Waals surface area contributed by atoms with Crippen molar-refractivity contribution in [3.8, 4) is 0 Å². The van der Waals surface area contributed by atoms with Crippen molar-refractivity contribution < 1.29 is 32.5 Å². The van der Waals surface area contributed by atoms with E-state index in [4.69, 9.17) is 0 Å². The molecule has 1 N–H and O–H groups in total. The maximum Gasteiger partial charge on any atom is 0.416 e. The number of nitrogens with one attached hydrogen (secondary N) is 1. The molecular formula is C20H22F3N5O5. The number of imide groups is 1. The fraction of sp³-hybridized carbons (Fsp3) is 0.550. The van der Waals surface area contributed by atoms with Crippen LogP contribution in [0.15, 0.2) is 18.2 Å². The maximum atomic E-state index is 12.9. The molecule has 0 bridgehead atoms. The highest BCUT2D eigenvalue weighted by Gasteiger charge is 2.56. The third-order valence-electron chi connectivity index (χ3n) is 6.46. The number of rotatable bonds is 5. The second-order valence-electron chi connectivity index (χ2n) is 8.62. The first-order valence-electron chi connectivity index (χ1n) is 10.4. The van der Waals surface area contributed by atoms with Crippen LogP contribution in [0.2, 0.25) is 0 Å². The highest BCUT2D eigenvalue weighted by molar-refractivity contribution is 6.09. The number of amides is 4. The zero-order valence-corrected chi connectivity index (χ0v) is 17.7. The van der Waals surface area contributed by atoms with E-state index in [1.54, 1.807) is 11.8 Å². The van der Waals surface area contributed by atoms with Gasteiger partial charge in [0, 0.05) is 32.2 Å². The molecule has 1 saturated carbocycles. The summed E-state index contributed by atoms with van der Waals surface area (Å²) in [6, 6.07) is 1.74. The minimum atomic E-state index is -4.71. The zero-order valence-electron chi connectivity index (χ0n) is 17.7. The van der Waals surface area contributed by atoms with Gasteiger partial charge in [0.1, 0.15) is 17.8 Å². The molecule has 10 nitrogen and oxygen atoms in total. The lowest BCUT2D eigenvalue weighted by Crippen LogP contribution is -2.52. The SMILES string of the molecule is C[C@]1(C2CC2)NC(=O)N(CC(=O)N2CCN(c3ccc(C(F)(F)F)cc3[N+](=O)[O-])CC2)C1=O. The summed E-state index contributed by atoms with van der Waals surface area (Å²) < 4.78 is 38.8. The average molecular weight is 469 g/mol. The molecule has 0 spiro atoms. The van der Waals surface area contributed by atoms with Crippen LogP contribution in [0.3, 0.4) is 0 Å². The Hall–Kier alpha value is -3.38. The van der Waals surface area contributed by atoms with Crippen LogP contribution in [0.4, 0.5) is 29.3 Å². The minimum absolute atomic E-state index is 0.0365. The van der Waals surface area contributed by atoms with Crippen molar-refractivity contribution in [3.05, 3.63) is 33.9 Å². The molecule has 2 heterocycles. The van der Waals surface area contributed by atoms with E-state index in [0.29, 0.717) is 6.07 Å². The molecule has 13 heteroatoms. The van der Waals surface area contributed by atoms with Gasteiger partial charge in [-0.05, 0) is 37.8 Å². The van der Waals surface area contributed by atoms with E-state index in [2.05, 4.69) is 5.32 Å². The Labute approximate surface area is 186 Å². The Morgan fingerprint density at radius 2 is 1.85 bits per heavy atom. The summed E-state index contributed by atoms with van der Waals surface area (Å²) in [6.07, 6.45) is -3.03. The Kier molecular flexibility index (Phi) is 5.45. The predicted octanol–water partition coefficient (Wildman–Crippen LogP) is 1.98. The predicted molar refractivity (Wildman–Crippen MR) is 108 cm³/mol. The van der Waals surface area contributed by atoms with Crippen LogP contribution in [-0.2, 0) is 15.8 Å². The third-order valence-corrected chi connectivity index (χ3v) is 6.46. The summed E-state index contributed by atoms with van der Waals surface area (Å²) in [5.41, 5.74) is -2.73. The number of alkyl halides is 3. The smallest absolute Gasteiger partial charge is 0.362 e. The van der Waals surface area contributed by atoms with Crippen LogP contribution < -0.4 is 10.2 Å². The quantitative estimate of drug-likeness (QED) is 0.401. The first kappa shape index (κ1) is 22.8. The number of piperazine rings is 1. The van der Waals surface area contributed by atoms with Gasteiger partial charge < -0.3 is 15.1 Å². The molecule has 0 radical (unpaired) electrons. The number of carbonyl (C=O) groups is 3. The standard InChI is InChI=1S/C20H22F3N5O5/c1-19(12-2-3-12)17(30)27(18(31)24-19)11-16(29)26-8-6-25(7-9-26)14-5-4-13(20(21,22)23)10-15(14)28(32)33/h4-5,10,12H,2-3,6-9,11H2,1H3,(H,24,31)/t19-/m1/s1. The van der Waals surface area contributed by atoms with Crippen LogP contribution in [0.1, 0.15) is 25.3 Å². The summed E-state index contributed by atoms with van der Waals surface area (Å²) in [4.78, 5) is 52.0. The lowest BCUT2D eigenvalue weighted by Gasteiger charge is -2.36. The van der Waals surface area contributed by atoms with Crippen molar-refractivity contribution in [2.45, 2.75) is 31.5 Å². The Morgan fingerprint density at radius 1 is 1.21 bits per heavy atom. The number of nitro benzene ring substituents is 1. The lowest BCUT2D eigenvalue weighted by molar-refractivity contribution is -0.384. The fourth-order valence-corrected chi connectivity index (χ4v) is 4.34. The molecule has 1 aromatic carbocycles. The number of benzene rings is 1. The maximum absolute atomic E-state index is 12.9. The van der Waals surface area contributed by atoms with Crippen molar-refractivity contribution in [2.24, 2.45) is 5.92 Å². The molecule has 4 amide bonds. The van der Waals surface area contributed by atoms with Crippen LogP contribution in [0, 0.1) is 16.0 Å². The van der Waals surface area contributed by atoms with Gasteiger partial charge in [-0.3, -0.25) is 24.6 Å². The van der Waals surface area contributed by atoms with Gasteiger partial charge in [-0.15, -0.1) is 0 Å². The van der Waals surface area contributed by atoms with Gasteiger partial charge in [-0.25, -0.2) is 4.79 Å². The van der Waals surface area contributed by atoms with Crippen LogP contribution in [0.5, 0.6) is 0 Å².